The van der Waals surface area contributed by atoms with E-state index in [0.717, 1.165) is 26.1 Å². The summed E-state index contributed by atoms with van der Waals surface area (Å²) in [5, 5.41) is 5.86. The van der Waals surface area contributed by atoms with Gasteiger partial charge in [-0.2, -0.15) is 0 Å². The minimum atomic E-state index is 0.548. The molecule has 2 nitrogen and oxygen atoms in total. The molecule has 4 heteroatoms. The molecule has 1 aromatic carbocycles. The van der Waals surface area contributed by atoms with Crippen LogP contribution in [0.4, 0.5) is 0 Å². The average Bonchev–Trinajstić information content (AvgIpc) is 2.89. The summed E-state index contributed by atoms with van der Waals surface area (Å²) in [7, 11) is 0. The molecule has 1 aliphatic heterocycles. The normalized spacial score (nSPS) is 23.3. The number of piperazine rings is 1. The van der Waals surface area contributed by atoms with Gasteiger partial charge in [0.1, 0.15) is 0 Å². The third-order valence-electron chi connectivity index (χ3n) is 4.09. The highest BCUT2D eigenvalue weighted by atomic mass is 79.9. The molecule has 1 aromatic heterocycles. The Labute approximate surface area is 139 Å². The topological polar surface area (TPSA) is 15.3 Å². The molecule has 0 amide bonds. The smallest absolute Gasteiger partial charge is 0.0332 e. The SMILES string of the molecule is CC1CNC(Cc2ccccc2)CN1Cc1cc(Br)cs1. The van der Waals surface area contributed by atoms with Crippen molar-refractivity contribution in [1.82, 2.24) is 10.2 Å². The number of hydrogen-bond acceptors (Lipinski definition) is 3. The lowest BCUT2D eigenvalue weighted by atomic mass is 10.0. The Morgan fingerprint density at radius 2 is 2.14 bits per heavy atom. The lowest BCUT2D eigenvalue weighted by molar-refractivity contribution is 0.134. The van der Waals surface area contributed by atoms with E-state index < -0.39 is 0 Å². The largest absolute Gasteiger partial charge is 0.311 e. The fourth-order valence-electron chi connectivity index (χ4n) is 2.89. The molecule has 3 rings (SSSR count). The summed E-state index contributed by atoms with van der Waals surface area (Å²) in [6, 6.07) is 14.2. The van der Waals surface area contributed by atoms with Crippen LogP contribution < -0.4 is 5.32 Å². The molecule has 0 spiro atoms. The molecule has 2 unspecified atom stereocenters. The van der Waals surface area contributed by atoms with Gasteiger partial charge in [-0.1, -0.05) is 30.3 Å². The number of nitrogens with zero attached hydrogens (tertiary/aromatic N) is 1. The van der Waals surface area contributed by atoms with Crippen LogP contribution in [0.3, 0.4) is 0 Å². The van der Waals surface area contributed by atoms with Gasteiger partial charge in [0.2, 0.25) is 0 Å². The van der Waals surface area contributed by atoms with Gasteiger partial charge in [0, 0.05) is 46.4 Å². The summed E-state index contributed by atoms with van der Waals surface area (Å²) in [4.78, 5) is 4.04. The summed E-state index contributed by atoms with van der Waals surface area (Å²) >= 11 is 5.39. The molecular formula is C17H21BrN2S. The van der Waals surface area contributed by atoms with Crippen LogP contribution in [0, 0.1) is 0 Å². The van der Waals surface area contributed by atoms with Gasteiger partial charge in [0.05, 0.1) is 0 Å². The second kappa shape index (κ2) is 7.05. The predicted octanol–water partition coefficient (Wildman–Crippen LogP) is 3.92. The van der Waals surface area contributed by atoms with Gasteiger partial charge in [-0.25, -0.2) is 0 Å². The molecule has 2 atom stereocenters. The van der Waals surface area contributed by atoms with Gasteiger partial charge in [0.15, 0.2) is 0 Å². The zero-order valence-electron chi connectivity index (χ0n) is 12.3. The molecule has 21 heavy (non-hydrogen) atoms. The van der Waals surface area contributed by atoms with Gasteiger partial charge in [-0.3, -0.25) is 4.90 Å². The van der Waals surface area contributed by atoms with Crippen LogP contribution in [0.15, 0.2) is 46.3 Å². The number of halogens is 1. The number of hydrogen-bond donors (Lipinski definition) is 1. The van der Waals surface area contributed by atoms with E-state index in [2.05, 4.69) is 74.8 Å². The molecule has 2 heterocycles. The van der Waals surface area contributed by atoms with Crippen LogP contribution in [-0.2, 0) is 13.0 Å². The maximum absolute atomic E-state index is 3.69. The lowest BCUT2D eigenvalue weighted by Crippen LogP contribution is -2.55. The molecule has 112 valence electrons. The quantitative estimate of drug-likeness (QED) is 0.884. The maximum atomic E-state index is 3.69. The summed E-state index contributed by atoms with van der Waals surface area (Å²) in [5.74, 6) is 0. The zero-order valence-corrected chi connectivity index (χ0v) is 14.7. The second-order valence-corrected chi connectivity index (χ2v) is 7.72. The Bertz CT molecular complexity index is 569. The van der Waals surface area contributed by atoms with Crippen molar-refractivity contribution < 1.29 is 0 Å². The minimum Gasteiger partial charge on any atom is -0.311 e. The molecule has 0 aliphatic carbocycles. The Hall–Kier alpha value is -0.680. The lowest BCUT2D eigenvalue weighted by Gasteiger charge is -2.38. The molecule has 0 saturated carbocycles. The van der Waals surface area contributed by atoms with Gasteiger partial charge < -0.3 is 5.32 Å². The first kappa shape index (κ1) is 15.2. The summed E-state index contributed by atoms with van der Waals surface area (Å²) in [6.45, 7) is 5.56. The third-order valence-corrected chi connectivity index (χ3v) is 5.77. The first-order chi connectivity index (χ1) is 10.2. The first-order valence-electron chi connectivity index (χ1n) is 7.45. The standard InChI is InChI=1S/C17H21BrN2S/c1-13-9-19-16(7-14-5-3-2-4-6-14)10-20(13)11-17-8-15(18)12-21-17/h2-6,8,12-13,16,19H,7,9-11H2,1H3. The zero-order chi connectivity index (χ0) is 14.7. The van der Waals surface area contributed by atoms with Gasteiger partial charge in [-0.05, 0) is 40.9 Å². The summed E-state index contributed by atoms with van der Waals surface area (Å²) in [6.07, 6.45) is 1.11. The van der Waals surface area contributed by atoms with Crippen LogP contribution in [0.5, 0.6) is 0 Å². The van der Waals surface area contributed by atoms with Gasteiger partial charge >= 0.3 is 0 Å². The summed E-state index contributed by atoms with van der Waals surface area (Å²) in [5.41, 5.74) is 1.42. The number of benzene rings is 1. The number of rotatable bonds is 4. The molecule has 1 N–H and O–H groups in total. The van der Waals surface area contributed by atoms with E-state index in [-0.39, 0.29) is 0 Å². The van der Waals surface area contributed by atoms with E-state index in [1.807, 2.05) is 11.3 Å². The van der Waals surface area contributed by atoms with Crippen molar-refractivity contribution in [2.45, 2.75) is 32.0 Å². The van der Waals surface area contributed by atoms with Crippen molar-refractivity contribution in [3.05, 3.63) is 56.7 Å². The van der Waals surface area contributed by atoms with Gasteiger partial charge in [0.25, 0.3) is 0 Å². The molecule has 1 aliphatic rings. The average molecular weight is 365 g/mol. The highest BCUT2D eigenvalue weighted by molar-refractivity contribution is 9.10. The van der Waals surface area contributed by atoms with Crippen molar-refractivity contribution in [3.63, 3.8) is 0 Å². The fraction of sp³-hybridized carbons (Fsp3) is 0.412. The molecule has 1 saturated heterocycles. The Kier molecular flexibility index (Phi) is 5.11. The van der Waals surface area contributed by atoms with Crippen LogP contribution in [0.2, 0.25) is 0 Å². The van der Waals surface area contributed by atoms with E-state index in [1.54, 1.807) is 0 Å². The van der Waals surface area contributed by atoms with Crippen molar-refractivity contribution in [2.75, 3.05) is 13.1 Å². The van der Waals surface area contributed by atoms with Crippen LogP contribution in [0.1, 0.15) is 17.4 Å². The Morgan fingerprint density at radius 3 is 2.86 bits per heavy atom. The number of nitrogens with one attached hydrogen (secondary N) is 1. The van der Waals surface area contributed by atoms with Crippen LogP contribution >= 0.6 is 27.3 Å². The summed E-state index contributed by atoms with van der Waals surface area (Å²) < 4.78 is 1.20. The molecule has 2 aromatic rings. The van der Waals surface area contributed by atoms with E-state index in [9.17, 15) is 0 Å². The van der Waals surface area contributed by atoms with E-state index in [4.69, 9.17) is 0 Å². The Balaban J connectivity index is 1.61. The van der Waals surface area contributed by atoms with Crippen molar-refractivity contribution in [2.24, 2.45) is 0 Å². The molecular weight excluding hydrogens is 344 g/mol. The van der Waals surface area contributed by atoms with Crippen molar-refractivity contribution in [3.8, 4) is 0 Å². The van der Waals surface area contributed by atoms with Crippen LogP contribution in [0.25, 0.3) is 0 Å². The van der Waals surface area contributed by atoms with Gasteiger partial charge in [-0.15, -0.1) is 11.3 Å². The first-order valence-corrected chi connectivity index (χ1v) is 9.12. The van der Waals surface area contributed by atoms with E-state index in [0.29, 0.717) is 12.1 Å². The fourth-order valence-corrected chi connectivity index (χ4v) is 4.36. The highest BCUT2D eigenvalue weighted by Crippen LogP contribution is 2.23. The Morgan fingerprint density at radius 1 is 1.33 bits per heavy atom. The van der Waals surface area contributed by atoms with E-state index in [1.165, 1.54) is 14.9 Å². The second-order valence-electron chi connectivity index (χ2n) is 5.80. The minimum absolute atomic E-state index is 0.548. The predicted molar refractivity (Wildman–Crippen MR) is 93.8 cm³/mol. The van der Waals surface area contributed by atoms with Crippen LogP contribution in [-0.4, -0.2) is 30.1 Å². The third kappa shape index (κ3) is 4.16. The number of thiophene rings is 1. The maximum Gasteiger partial charge on any atom is 0.0332 e. The molecule has 0 radical (unpaired) electrons. The molecule has 1 fully saturated rings. The van der Waals surface area contributed by atoms with Crippen molar-refractivity contribution >= 4 is 27.3 Å². The molecule has 0 bridgehead atoms. The highest BCUT2D eigenvalue weighted by Gasteiger charge is 2.25. The van der Waals surface area contributed by atoms with Crippen molar-refractivity contribution in [1.29, 1.82) is 0 Å². The van der Waals surface area contributed by atoms with E-state index >= 15 is 0 Å². The monoisotopic (exact) mass is 364 g/mol.